The highest BCUT2D eigenvalue weighted by molar-refractivity contribution is 6.31. The van der Waals surface area contributed by atoms with E-state index in [0.29, 0.717) is 16.8 Å². The zero-order valence-corrected chi connectivity index (χ0v) is 11.5. The minimum absolute atomic E-state index is 0.0285. The first-order chi connectivity index (χ1) is 9.54. The smallest absolute Gasteiger partial charge is 0.257 e. The molecule has 1 heterocycles. The van der Waals surface area contributed by atoms with Crippen molar-refractivity contribution in [2.75, 3.05) is 20.2 Å². The van der Waals surface area contributed by atoms with Crippen molar-refractivity contribution in [2.24, 2.45) is 0 Å². The Morgan fingerprint density at radius 3 is 2.95 bits per heavy atom. The van der Waals surface area contributed by atoms with Crippen molar-refractivity contribution in [3.8, 4) is 11.3 Å². The molecule has 7 heteroatoms. The monoisotopic (exact) mass is 297 g/mol. The molecule has 0 radical (unpaired) electrons. The van der Waals surface area contributed by atoms with Crippen LogP contribution >= 0.6 is 11.6 Å². The van der Waals surface area contributed by atoms with E-state index in [2.05, 4.69) is 10.2 Å². The molecule has 0 aliphatic carbocycles. The fourth-order valence-corrected chi connectivity index (χ4v) is 1.96. The molecule has 1 amide bonds. The lowest BCUT2D eigenvalue weighted by molar-refractivity contribution is 0.0768. The number of hydrogen-bond acceptors (Lipinski definition) is 3. The SMILES string of the molecule is CN(CCO)C(=O)c1cn[nH]c1-c1ccc(F)c(Cl)c1. The highest BCUT2D eigenvalue weighted by Gasteiger charge is 2.19. The summed E-state index contributed by atoms with van der Waals surface area (Å²) in [4.78, 5) is 13.6. The third kappa shape index (κ3) is 2.81. The van der Waals surface area contributed by atoms with E-state index in [9.17, 15) is 9.18 Å². The molecule has 0 spiro atoms. The lowest BCUT2D eigenvalue weighted by atomic mass is 10.1. The molecule has 1 aromatic carbocycles. The van der Waals surface area contributed by atoms with Gasteiger partial charge in [0.15, 0.2) is 0 Å². The minimum Gasteiger partial charge on any atom is -0.395 e. The lowest BCUT2D eigenvalue weighted by Gasteiger charge is -2.15. The fraction of sp³-hybridized carbons (Fsp3) is 0.231. The summed E-state index contributed by atoms with van der Waals surface area (Å²) in [7, 11) is 1.58. The summed E-state index contributed by atoms with van der Waals surface area (Å²) in [5.41, 5.74) is 1.36. The van der Waals surface area contributed by atoms with E-state index in [-0.39, 0.29) is 24.1 Å². The molecule has 2 rings (SSSR count). The van der Waals surface area contributed by atoms with Crippen molar-refractivity contribution in [3.63, 3.8) is 0 Å². The van der Waals surface area contributed by atoms with Crippen LogP contribution in [-0.2, 0) is 0 Å². The second kappa shape index (κ2) is 6.02. The minimum atomic E-state index is -0.528. The number of carbonyl (C=O) groups excluding carboxylic acids is 1. The van der Waals surface area contributed by atoms with Gasteiger partial charge in [-0.25, -0.2) is 4.39 Å². The zero-order valence-electron chi connectivity index (χ0n) is 10.7. The van der Waals surface area contributed by atoms with Gasteiger partial charge in [0.25, 0.3) is 5.91 Å². The number of aromatic nitrogens is 2. The van der Waals surface area contributed by atoms with Crippen LogP contribution < -0.4 is 0 Å². The molecule has 2 aromatic rings. The molecule has 2 N–H and O–H groups in total. The number of rotatable bonds is 4. The molecule has 1 aromatic heterocycles. The lowest BCUT2D eigenvalue weighted by Crippen LogP contribution is -2.29. The summed E-state index contributed by atoms with van der Waals surface area (Å²) in [5, 5.41) is 15.4. The standard InChI is InChI=1S/C13H13ClFN3O2/c1-18(4-5-19)13(20)9-7-16-17-12(9)8-2-3-11(15)10(14)6-8/h2-3,6-7,19H,4-5H2,1H3,(H,16,17). The summed E-state index contributed by atoms with van der Waals surface area (Å²) in [6, 6.07) is 4.16. The summed E-state index contributed by atoms with van der Waals surface area (Å²) in [6.45, 7) is 0.0887. The Morgan fingerprint density at radius 2 is 2.30 bits per heavy atom. The number of halogens is 2. The summed E-state index contributed by atoms with van der Waals surface area (Å²) >= 11 is 5.74. The third-order valence-electron chi connectivity index (χ3n) is 2.86. The normalized spacial score (nSPS) is 10.6. The number of hydrogen-bond donors (Lipinski definition) is 2. The number of nitrogens with zero attached hydrogens (tertiary/aromatic N) is 2. The van der Waals surface area contributed by atoms with Gasteiger partial charge >= 0.3 is 0 Å². The number of aromatic amines is 1. The molecule has 0 aliphatic heterocycles. The van der Waals surface area contributed by atoms with Crippen molar-refractivity contribution in [1.29, 1.82) is 0 Å². The van der Waals surface area contributed by atoms with Crippen LogP contribution in [0.2, 0.25) is 5.02 Å². The number of H-pyrrole nitrogens is 1. The van der Waals surface area contributed by atoms with Gasteiger partial charge in [-0.15, -0.1) is 0 Å². The van der Waals surface area contributed by atoms with Crippen LogP contribution in [-0.4, -0.2) is 46.3 Å². The number of likely N-dealkylation sites (N-methyl/N-ethyl adjacent to an activating group) is 1. The van der Waals surface area contributed by atoms with Crippen LogP contribution in [0.5, 0.6) is 0 Å². The van der Waals surface area contributed by atoms with E-state index >= 15 is 0 Å². The Hall–Kier alpha value is -1.92. The molecule has 0 atom stereocenters. The highest BCUT2D eigenvalue weighted by Crippen LogP contribution is 2.26. The highest BCUT2D eigenvalue weighted by atomic mass is 35.5. The van der Waals surface area contributed by atoms with Gasteiger partial charge in [0, 0.05) is 19.2 Å². The van der Waals surface area contributed by atoms with Crippen LogP contribution in [0.4, 0.5) is 4.39 Å². The first-order valence-electron chi connectivity index (χ1n) is 5.89. The van der Waals surface area contributed by atoms with Crippen LogP contribution in [0.15, 0.2) is 24.4 Å². The molecule has 5 nitrogen and oxygen atoms in total. The van der Waals surface area contributed by atoms with Gasteiger partial charge in [-0.05, 0) is 18.2 Å². The maximum atomic E-state index is 13.2. The topological polar surface area (TPSA) is 69.2 Å². The van der Waals surface area contributed by atoms with Crippen molar-refractivity contribution in [3.05, 3.63) is 40.8 Å². The maximum absolute atomic E-state index is 13.2. The second-order valence-electron chi connectivity index (χ2n) is 4.24. The number of benzene rings is 1. The summed E-state index contributed by atoms with van der Waals surface area (Å²) < 4.78 is 13.2. The Morgan fingerprint density at radius 1 is 1.55 bits per heavy atom. The van der Waals surface area contributed by atoms with Gasteiger partial charge in [0.2, 0.25) is 0 Å². The molecule has 20 heavy (non-hydrogen) atoms. The molecule has 0 saturated heterocycles. The zero-order chi connectivity index (χ0) is 14.7. The van der Waals surface area contributed by atoms with Gasteiger partial charge in [-0.3, -0.25) is 9.89 Å². The molecule has 0 aliphatic rings. The predicted octanol–water partition coefficient (Wildman–Crippen LogP) is 1.93. The molecule has 106 valence electrons. The molecule has 0 unspecified atom stereocenters. The van der Waals surface area contributed by atoms with Gasteiger partial charge in [-0.2, -0.15) is 5.10 Å². The molecule has 0 bridgehead atoms. The summed E-state index contributed by atoms with van der Waals surface area (Å²) in [6.07, 6.45) is 1.39. The van der Waals surface area contributed by atoms with E-state index in [1.165, 1.54) is 29.3 Å². The van der Waals surface area contributed by atoms with Crippen molar-refractivity contribution < 1.29 is 14.3 Å². The first kappa shape index (κ1) is 14.5. The van der Waals surface area contributed by atoms with E-state index < -0.39 is 5.82 Å². The third-order valence-corrected chi connectivity index (χ3v) is 3.15. The molecule has 0 fully saturated rings. The molecular weight excluding hydrogens is 285 g/mol. The van der Waals surface area contributed by atoms with Crippen molar-refractivity contribution in [1.82, 2.24) is 15.1 Å². The average Bonchev–Trinajstić information content (AvgIpc) is 2.90. The number of aliphatic hydroxyl groups excluding tert-OH is 1. The van der Waals surface area contributed by atoms with Crippen LogP contribution in [0, 0.1) is 5.82 Å². The number of amides is 1. The quantitative estimate of drug-likeness (QED) is 0.906. The van der Waals surface area contributed by atoms with E-state index in [4.69, 9.17) is 16.7 Å². The second-order valence-corrected chi connectivity index (χ2v) is 4.65. The van der Waals surface area contributed by atoms with E-state index in [1.807, 2.05) is 0 Å². The van der Waals surface area contributed by atoms with Crippen molar-refractivity contribution >= 4 is 17.5 Å². The Kier molecular flexibility index (Phi) is 4.36. The Labute approximate surface area is 120 Å². The van der Waals surface area contributed by atoms with E-state index in [0.717, 1.165) is 0 Å². The van der Waals surface area contributed by atoms with Gasteiger partial charge in [0.05, 0.1) is 29.1 Å². The largest absolute Gasteiger partial charge is 0.395 e. The number of nitrogens with one attached hydrogen (secondary N) is 1. The Balaban J connectivity index is 2.37. The van der Waals surface area contributed by atoms with Crippen LogP contribution in [0.1, 0.15) is 10.4 Å². The van der Waals surface area contributed by atoms with Crippen molar-refractivity contribution in [2.45, 2.75) is 0 Å². The average molecular weight is 298 g/mol. The molecular formula is C13H13ClFN3O2. The van der Waals surface area contributed by atoms with E-state index in [1.54, 1.807) is 7.05 Å². The van der Waals surface area contributed by atoms with Crippen LogP contribution in [0.25, 0.3) is 11.3 Å². The van der Waals surface area contributed by atoms with Gasteiger partial charge in [-0.1, -0.05) is 11.6 Å². The number of carbonyl (C=O) groups is 1. The maximum Gasteiger partial charge on any atom is 0.257 e. The number of aliphatic hydroxyl groups is 1. The van der Waals surface area contributed by atoms with Crippen LogP contribution in [0.3, 0.4) is 0 Å². The Bertz CT molecular complexity index is 630. The fourth-order valence-electron chi connectivity index (χ4n) is 1.78. The predicted molar refractivity (Wildman–Crippen MR) is 73.0 cm³/mol. The summed E-state index contributed by atoms with van der Waals surface area (Å²) in [5.74, 6) is -0.816. The van der Waals surface area contributed by atoms with Gasteiger partial charge in [0.1, 0.15) is 5.82 Å². The van der Waals surface area contributed by atoms with Gasteiger partial charge < -0.3 is 10.0 Å². The first-order valence-corrected chi connectivity index (χ1v) is 6.27. The molecule has 0 saturated carbocycles.